The first-order valence-corrected chi connectivity index (χ1v) is 9.00. The van der Waals surface area contributed by atoms with Gasteiger partial charge in [-0.2, -0.15) is 5.26 Å². The van der Waals surface area contributed by atoms with Crippen molar-refractivity contribution in [3.63, 3.8) is 0 Å². The van der Waals surface area contributed by atoms with E-state index >= 15 is 0 Å². The Kier molecular flexibility index (Phi) is 5.86. The Labute approximate surface area is 154 Å². The summed E-state index contributed by atoms with van der Waals surface area (Å²) in [6.07, 6.45) is 2.62. The van der Waals surface area contributed by atoms with Crippen molar-refractivity contribution < 1.29 is 0 Å². The van der Waals surface area contributed by atoms with Gasteiger partial charge in [0.05, 0.1) is 12.5 Å². The number of para-hydroxylation sites is 1. The molecule has 2 aromatic rings. The van der Waals surface area contributed by atoms with Crippen LogP contribution in [-0.4, -0.2) is 24.7 Å². The van der Waals surface area contributed by atoms with E-state index < -0.39 is 0 Å². The molecule has 2 aromatic carbocycles. The van der Waals surface area contributed by atoms with Crippen LogP contribution in [0.25, 0.3) is 0 Å². The van der Waals surface area contributed by atoms with Crippen molar-refractivity contribution in [2.45, 2.75) is 19.3 Å². The van der Waals surface area contributed by atoms with Crippen LogP contribution in [-0.2, 0) is 12.8 Å². The van der Waals surface area contributed by atoms with Gasteiger partial charge in [-0.1, -0.05) is 30.3 Å². The highest BCUT2D eigenvalue weighted by Crippen LogP contribution is 2.27. The van der Waals surface area contributed by atoms with E-state index in [9.17, 15) is 0 Å². The molecule has 4 nitrogen and oxygen atoms in total. The fourth-order valence-electron chi connectivity index (χ4n) is 3.08. The molecule has 0 radical (unpaired) electrons. The molecule has 0 saturated carbocycles. The minimum Gasteiger partial charge on any atom is -0.371 e. The molecule has 0 bridgehead atoms. The zero-order chi connectivity index (χ0) is 17.5. The molecule has 3 rings (SSSR count). The van der Waals surface area contributed by atoms with Crippen molar-refractivity contribution in [2.24, 2.45) is 0 Å². The van der Waals surface area contributed by atoms with Crippen LogP contribution in [0.15, 0.2) is 48.5 Å². The summed E-state index contributed by atoms with van der Waals surface area (Å²) in [5.41, 5.74) is 4.78. The molecule has 1 aliphatic rings. The van der Waals surface area contributed by atoms with Crippen molar-refractivity contribution in [1.82, 2.24) is 5.32 Å². The Bertz CT molecular complexity index is 764. The standard InChI is InChI=1S/C20H22N4S/c21-12-10-16-6-8-18(9-7-16)23-20(25)22-13-3-14-24-15-11-17-4-1-2-5-19(17)24/h1-2,4-9H,3,10-11,13-15H2,(H2,22,23,25). The molecule has 0 unspecified atom stereocenters. The van der Waals surface area contributed by atoms with E-state index in [0.717, 1.165) is 43.7 Å². The van der Waals surface area contributed by atoms with Gasteiger partial charge in [0.2, 0.25) is 0 Å². The zero-order valence-corrected chi connectivity index (χ0v) is 15.0. The highest BCUT2D eigenvalue weighted by molar-refractivity contribution is 7.80. The van der Waals surface area contributed by atoms with Crippen LogP contribution in [0.2, 0.25) is 0 Å². The van der Waals surface area contributed by atoms with Crippen LogP contribution in [0.3, 0.4) is 0 Å². The maximum atomic E-state index is 8.69. The van der Waals surface area contributed by atoms with E-state index in [0.29, 0.717) is 11.5 Å². The predicted octanol–water partition coefficient (Wildman–Crippen LogP) is 3.49. The number of rotatable bonds is 6. The fourth-order valence-corrected chi connectivity index (χ4v) is 3.30. The molecular weight excluding hydrogens is 328 g/mol. The van der Waals surface area contributed by atoms with Crippen LogP contribution in [0.4, 0.5) is 11.4 Å². The number of fused-ring (bicyclic) bond motifs is 1. The van der Waals surface area contributed by atoms with E-state index in [1.165, 1.54) is 11.3 Å². The van der Waals surface area contributed by atoms with E-state index in [-0.39, 0.29) is 0 Å². The third-order valence-electron chi connectivity index (χ3n) is 4.37. The van der Waals surface area contributed by atoms with Crippen molar-refractivity contribution in [2.75, 3.05) is 29.9 Å². The molecule has 1 heterocycles. The largest absolute Gasteiger partial charge is 0.371 e. The normalized spacial score (nSPS) is 12.4. The molecule has 0 atom stereocenters. The number of benzene rings is 2. The molecule has 0 saturated heterocycles. The molecule has 2 N–H and O–H groups in total. The molecule has 0 spiro atoms. The maximum absolute atomic E-state index is 8.69. The van der Waals surface area contributed by atoms with Gasteiger partial charge < -0.3 is 15.5 Å². The van der Waals surface area contributed by atoms with Gasteiger partial charge in [0.1, 0.15) is 0 Å². The minimum absolute atomic E-state index is 0.433. The van der Waals surface area contributed by atoms with Crippen molar-refractivity contribution in [1.29, 1.82) is 5.26 Å². The smallest absolute Gasteiger partial charge is 0.170 e. The number of nitrogens with zero attached hydrogens (tertiary/aromatic N) is 2. The second kappa shape index (κ2) is 8.50. The maximum Gasteiger partial charge on any atom is 0.170 e. The lowest BCUT2D eigenvalue weighted by Crippen LogP contribution is -2.32. The SMILES string of the molecule is N#CCc1ccc(NC(=S)NCCCN2CCc3ccccc32)cc1. The van der Waals surface area contributed by atoms with Gasteiger partial charge in [0.25, 0.3) is 0 Å². The first-order valence-electron chi connectivity index (χ1n) is 8.60. The van der Waals surface area contributed by atoms with Crippen LogP contribution >= 0.6 is 12.2 Å². The second-order valence-electron chi connectivity index (χ2n) is 6.13. The van der Waals surface area contributed by atoms with Gasteiger partial charge in [-0.3, -0.25) is 0 Å². The van der Waals surface area contributed by atoms with Crippen LogP contribution in [0.1, 0.15) is 17.5 Å². The monoisotopic (exact) mass is 350 g/mol. The average Bonchev–Trinajstić information content (AvgIpc) is 3.04. The summed E-state index contributed by atoms with van der Waals surface area (Å²) >= 11 is 5.34. The summed E-state index contributed by atoms with van der Waals surface area (Å²) in [7, 11) is 0. The van der Waals surface area contributed by atoms with E-state index in [2.05, 4.69) is 45.9 Å². The number of nitriles is 1. The summed E-state index contributed by atoms with van der Waals surface area (Å²) in [6, 6.07) is 18.6. The Morgan fingerprint density at radius 1 is 1.16 bits per heavy atom. The topological polar surface area (TPSA) is 51.1 Å². The molecule has 1 aliphatic heterocycles. The highest BCUT2D eigenvalue weighted by Gasteiger charge is 2.17. The lowest BCUT2D eigenvalue weighted by molar-refractivity contribution is 0.730. The highest BCUT2D eigenvalue weighted by atomic mass is 32.1. The number of hydrogen-bond acceptors (Lipinski definition) is 3. The number of anilines is 2. The van der Waals surface area contributed by atoms with Gasteiger partial charge in [0.15, 0.2) is 5.11 Å². The molecule has 0 fully saturated rings. The second-order valence-corrected chi connectivity index (χ2v) is 6.54. The Morgan fingerprint density at radius 3 is 2.76 bits per heavy atom. The fraction of sp³-hybridized carbons (Fsp3) is 0.300. The summed E-state index contributed by atoms with van der Waals surface area (Å²) in [6.45, 7) is 2.99. The summed E-state index contributed by atoms with van der Waals surface area (Å²) in [5, 5.41) is 15.8. The van der Waals surface area contributed by atoms with Crippen LogP contribution in [0, 0.1) is 11.3 Å². The molecule has 25 heavy (non-hydrogen) atoms. The molecule has 5 heteroatoms. The average molecular weight is 350 g/mol. The Balaban J connectivity index is 1.38. The third-order valence-corrected chi connectivity index (χ3v) is 4.62. The number of nitrogens with one attached hydrogen (secondary N) is 2. The molecule has 0 amide bonds. The molecule has 128 valence electrons. The summed E-state index contributed by atoms with van der Waals surface area (Å²) in [5.74, 6) is 0. The summed E-state index contributed by atoms with van der Waals surface area (Å²) < 4.78 is 0. The van der Waals surface area contributed by atoms with Crippen molar-refractivity contribution >= 4 is 28.7 Å². The van der Waals surface area contributed by atoms with E-state index in [1.54, 1.807) is 0 Å². The molecule has 0 aromatic heterocycles. The van der Waals surface area contributed by atoms with Crippen LogP contribution < -0.4 is 15.5 Å². The first-order chi connectivity index (χ1) is 12.3. The van der Waals surface area contributed by atoms with Crippen LogP contribution in [0.5, 0.6) is 0 Å². The third kappa shape index (κ3) is 4.71. The lowest BCUT2D eigenvalue weighted by Gasteiger charge is -2.19. The quantitative estimate of drug-likeness (QED) is 0.617. The first kappa shape index (κ1) is 17.2. The van der Waals surface area contributed by atoms with Gasteiger partial charge in [-0.25, -0.2) is 0 Å². The summed E-state index contributed by atoms with van der Waals surface area (Å²) in [4.78, 5) is 2.45. The van der Waals surface area contributed by atoms with Crippen molar-refractivity contribution in [3.05, 3.63) is 59.7 Å². The van der Waals surface area contributed by atoms with Gasteiger partial charge in [0, 0.05) is 31.0 Å². The van der Waals surface area contributed by atoms with Gasteiger partial charge >= 0.3 is 0 Å². The molecule has 0 aliphatic carbocycles. The number of thiocarbonyl (C=S) groups is 1. The van der Waals surface area contributed by atoms with E-state index in [4.69, 9.17) is 17.5 Å². The number of hydrogen-bond donors (Lipinski definition) is 2. The van der Waals surface area contributed by atoms with Gasteiger partial charge in [-0.05, 0) is 54.4 Å². The minimum atomic E-state index is 0.433. The van der Waals surface area contributed by atoms with Crippen molar-refractivity contribution in [3.8, 4) is 6.07 Å². The van der Waals surface area contributed by atoms with Gasteiger partial charge in [-0.15, -0.1) is 0 Å². The Hall–Kier alpha value is -2.58. The van der Waals surface area contributed by atoms with E-state index in [1.807, 2.05) is 24.3 Å². The predicted molar refractivity (Wildman–Crippen MR) is 107 cm³/mol. The lowest BCUT2D eigenvalue weighted by atomic mass is 10.1. The molecular formula is C20H22N4S. The Morgan fingerprint density at radius 2 is 1.96 bits per heavy atom. The zero-order valence-electron chi connectivity index (χ0n) is 14.2.